The van der Waals surface area contributed by atoms with Crippen LogP contribution < -0.4 is 10.9 Å². The van der Waals surface area contributed by atoms with Gasteiger partial charge in [0.1, 0.15) is 0 Å². The van der Waals surface area contributed by atoms with E-state index in [1.165, 1.54) is 0 Å². The molecule has 2 atom stereocenters. The van der Waals surface area contributed by atoms with Crippen LogP contribution in [0.3, 0.4) is 0 Å². The van der Waals surface area contributed by atoms with E-state index in [0.717, 1.165) is 12.0 Å². The third-order valence-electron chi connectivity index (χ3n) is 5.00. The number of carbonyl (C=O) groups is 1. The molecule has 1 aromatic heterocycles. The zero-order chi connectivity index (χ0) is 15.7. The number of aliphatic hydroxyl groups is 1. The van der Waals surface area contributed by atoms with Crippen molar-refractivity contribution in [3.8, 4) is 0 Å². The average Bonchev–Trinajstić information content (AvgIpc) is 2.50. The van der Waals surface area contributed by atoms with Crippen LogP contribution in [0.5, 0.6) is 0 Å². The van der Waals surface area contributed by atoms with E-state index in [0.29, 0.717) is 39.0 Å². The molecule has 0 aromatic carbocycles. The monoisotopic (exact) mass is 305 g/mol. The van der Waals surface area contributed by atoms with Crippen molar-refractivity contribution in [1.29, 1.82) is 0 Å². The Kier molecular flexibility index (Phi) is 4.06. The maximum absolute atomic E-state index is 12.3. The summed E-state index contributed by atoms with van der Waals surface area (Å²) < 4.78 is 1.57. The van der Waals surface area contributed by atoms with Crippen molar-refractivity contribution in [2.24, 2.45) is 12.5 Å². The largest absolute Gasteiger partial charge is 0.392 e. The Morgan fingerprint density at radius 2 is 2.27 bits per heavy atom. The van der Waals surface area contributed by atoms with Crippen molar-refractivity contribution in [2.75, 3.05) is 19.6 Å². The standard InChI is InChI=1S/C16H23N3O3/c1-18-8-2-4-12(14(18)21)10-19-9-5-13(20)16(11-19)6-3-7-17-15(16)22/h2,4,8,13,20H,3,5-7,9-11H2,1H3,(H,17,22)/t13-,16+/m0/s1. The van der Waals surface area contributed by atoms with Gasteiger partial charge in [0.2, 0.25) is 5.91 Å². The van der Waals surface area contributed by atoms with Gasteiger partial charge >= 0.3 is 0 Å². The lowest BCUT2D eigenvalue weighted by Gasteiger charge is -2.46. The van der Waals surface area contributed by atoms with Gasteiger partial charge < -0.3 is 15.0 Å². The van der Waals surface area contributed by atoms with Crippen LogP contribution >= 0.6 is 0 Å². The Balaban J connectivity index is 1.80. The first-order valence-corrected chi connectivity index (χ1v) is 7.86. The summed E-state index contributed by atoms with van der Waals surface area (Å²) in [5.41, 5.74) is 0.0137. The number of amides is 1. The van der Waals surface area contributed by atoms with Gasteiger partial charge in [-0.2, -0.15) is 0 Å². The smallest absolute Gasteiger partial charge is 0.254 e. The minimum atomic E-state index is -0.712. The molecule has 0 unspecified atom stereocenters. The zero-order valence-corrected chi connectivity index (χ0v) is 12.9. The molecule has 1 spiro atoms. The maximum atomic E-state index is 12.3. The molecule has 0 aliphatic carbocycles. The second kappa shape index (κ2) is 5.85. The molecule has 6 nitrogen and oxygen atoms in total. The summed E-state index contributed by atoms with van der Waals surface area (Å²) >= 11 is 0. The predicted molar refractivity (Wildman–Crippen MR) is 82.3 cm³/mol. The van der Waals surface area contributed by atoms with Crippen molar-refractivity contribution in [2.45, 2.75) is 31.9 Å². The molecule has 3 heterocycles. The van der Waals surface area contributed by atoms with Gasteiger partial charge in [-0.25, -0.2) is 0 Å². The van der Waals surface area contributed by atoms with Crippen LogP contribution in [0, 0.1) is 5.41 Å². The molecule has 2 aliphatic heterocycles. The van der Waals surface area contributed by atoms with Gasteiger partial charge in [-0.3, -0.25) is 14.5 Å². The fourth-order valence-electron chi connectivity index (χ4n) is 3.68. The molecule has 2 aliphatic rings. The normalized spacial score (nSPS) is 29.5. The molecule has 6 heteroatoms. The van der Waals surface area contributed by atoms with Crippen molar-refractivity contribution >= 4 is 5.91 Å². The Morgan fingerprint density at radius 1 is 1.45 bits per heavy atom. The summed E-state index contributed by atoms with van der Waals surface area (Å²) in [5, 5.41) is 13.3. The second-order valence-electron chi connectivity index (χ2n) is 6.48. The lowest BCUT2D eigenvalue weighted by atomic mass is 9.71. The van der Waals surface area contributed by atoms with E-state index in [2.05, 4.69) is 10.2 Å². The Morgan fingerprint density at radius 3 is 3.05 bits per heavy atom. The van der Waals surface area contributed by atoms with Crippen LogP contribution in [0.25, 0.3) is 0 Å². The van der Waals surface area contributed by atoms with E-state index in [-0.39, 0.29) is 11.5 Å². The molecule has 0 radical (unpaired) electrons. The molecule has 2 saturated heterocycles. The first kappa shape index (κ1) is 15.2. The van der Waals surface area contributed by atoms with Crippen LogP contribution in [0.1, 0.15) is 24.8 Å². The topological polar surface area (TPSA) is 74.6 Å². The van der Waals surface area contributed by atoms with Crippen molar-refractivity contribution in [1.82, 2.24) is 14.8 Å². The second-order valence-corrected chi connectivity index (χ2v) is 6.48. The van der Waals surface area contributed by atoms with Gasteiger partial charge in [-0.05, 0) is 25.3 Å². The lowest BCUT2D eigenvalue weighted by Crippen LogP contribution is -2.61. The molecule has 2 fully saturated rings. The number of nitrogens with one attached hydrogen (secondary N) is 1. The SMILES string of the molecule is Cn1cccc(CN2CC[C@H](O)[C@@]3(CCCNC3=O)C2)c1=O. The number of aryl methyl sites for hydroxylation is 1. The van der Waals surface area contributed by atoms with Crippen molar-refractivity contribution < 1.29 is 9.90 Å². The Labute approximate surface area is 129 Å². The molecule has 120 valence electrons. The van der Waals surface area contributed by atoms with Gasteiger partial charge in [0.15, 0.2) is 0 Å². The zero-order valence-electron chi connectivity index (χ0n) is 12.9. The maximum Gasteiger partial charge on any atom is 0.254 e. The molecule has 22 heavy (non-hydrogen) atoms. The number of aromatic nitrogens is 1. The molecule has 3 rings (SSSR count). The third kappa shape index (κ3) is 2.57. The number of pyridine rings is 1. The number of likely N-dealkylation sites (tertiary alicyclic amines) is 1. The van der Waals surface area contributed by atoms with E-state index in [1.54, 1.807) is 17.8 Å². The first-order valence-electron chi connectivity index (χ1n) is 7.86. The number of nitrogens with zero attached hydrogens (tertiary/aromatic N) is 2. The number of piperidine rings is 2. The highest BCUT2D eigenvalue weighted by Gasteiger charge is 2.49. The van der Waals surface area contributed by atoms with Gasteiger partial charge in [0.25, 0.3) is 5.56 Å². The minimum Gasteiger partial charge on any atom is -0.392 e. The lowest BCUT2D eigenvalue weighted by molar-refractivity contribution is -0.149. The minimum absolute atomic E-state index is 0.00392. The highest BCUT2D eigenvalue weighted by molar-refractivity contribution is 5.84. The Hall–Kier alpha value is -1.66. The number of rotatable bonds is 2. The van der Waals surface area contributed by atoms with Crippen LogP contribution in [0.15, 0.2) is 23.1 Å². The third-order valence-corrected chi connectivity index (χ3v) is 5.00. The summed E-state index contributed by atoms with van der Waals surface area (Å²) in [4.78, 5) is 26.6. The molecule has 0 saturated carbocycles. The number of hydrogen-bond acceptors (Lipinski definition) is 4. The van der Waals surface area contributed by atoms with E-state index in [9.17, 15) is 14.7 Å². The summed E-state index contributed by atoms with van der Waals surface area (Å²) in [5.74, 6) is -0.0445. The Bertz CT molecular complexity index is 627. The van der Waals surface area contributed by atoms with E-state index in [1.807, 2.05) is 12.1 Å². The molecular formula is C16H23N3O3. The van der Waals surface area contributed by atoms with Gasteiger partial charge in [-0.15, -0.1) is 0 Å². The van der Waals surface area contributed by atoms with E-state index in [4.69, 9.17) is 0 Å². The fourth-order valence-corrected chi connectivity index (χ4v) is 3.68. The molecule has 1 amide bonds. The van der Waals surface area contributed by atoms with Gasteiger partial charge in [-0.1, -0.05) is 6.07 Å². The number of aliphatic hydroxyl groups excluding tert-OH is 1. The highest BCUT2D eigenvalue weighted by Crippen LogP contribution is 2.37. The molecule has 0 bridgehead atoms. The fraction of sp³-hybridized carbons (Fsp3) is 0.625. The summed E-state index contributed by atoms with van der Waals surface area (Å²) in [7, 11) is 1.74. The predicted octanol–water partition coefficient (Wildman–Crippen LogP) is -0.152. The van der Waals surface area contributed by atoms with E-state index >= 15 is 0 Å². The summed E-state index contributed by atoms with van der Waals surface area (Å²) in [6.45, 7) is 2.42. The summed E-state index contributed by atoms with van der Waals surface area (Å²) in [6, 6.07) is 3.69. The van der Waals surface area contributed by atoms with Crippen LogP contribution in [0.4, 0.5) is 0 Å². The van der Waals surface area contributed by atoms with Crippen LogP contribution in [0.2, 0.25) is 0 Å². The van der Waals surface area contributed by atoms with Gasteiger partial charge in [0, 0.05) is 45.0 Å². The molecular weight excluding hydrogens is 282 g/mol. The van der Waals surface area contributed by atoms with Crippen LogP contribution in [-0.2, 0) is 18.4 Å². The van der Waals surface area contributed by atoms with Crippen LogP contribution in [-0.4, -0.2) is 46.2 Å². The average molecular weight is 305 g/mol. The van der Waals surface area contributed by atoms with Gasteiger partial charge in [0.05, 0.1) is 11.5 Å². The highest BCUT2D eigenvalue weighted by atomic mass is 16.3. The van der Waals surface area contributed by atoms with Crippen molar-refractivity contribution in [3.05, 3.63) is 34.2 Å². The molecule has 1 aromatic rings. The summed E-state index contributed by atoms with van der Waals surface area (Å²) in [6.07, 6.45) is 3.32. The molecule has 2 N–H and O–H groups in total. The number of carbonyl (C=O) groups excluding carboxylic acids is 1. The first-order chi connectivity index (χ1) is 10.5. The van der Waals surface area contributed by atoms with Crippen molar-refractivity contribution in [3.63, 3.8) is 0 Å². The van der Waals surface area contributed by atoms with E-state index < -0.39 is 11.5 Å². The quantitative estimate of drug-likeness (QED) is 0.797. The number of hydrogen-bond donors (Lipinski definition) is 2.